The zero-order chi connectivity index (χ0) is 14.1. The van der Waals surface area contributed by atoms with Gasteiger partial charge in [-0.2, -0.15) is 8.78 Å². The number of urea groups is 1. The maximum atomic E-state index is 12.2. The number of carbonyl (C=O) groups excluding carboxylic acids is 1. The number of amides is 2. The van der Waals surface area contributed by atoms with E-state index in [4.69, 9.17) is 0 Å². The van der Waals surface area contributed by atoms with Gasteiger partial charge in [-0.05, 0) is 18.6 Å². The molecule has 0 heterocycles. The molecule has 0 fully saturated rings. The number of carbonyl (C=O) groups is 1. The highest BCUT2D eigenvalue weighted by atomic mass is 19.3. The summed E-state index contributed by atoms with van der Waals surface area (Å²) in [5.74, 6) is -0.0544. The number of para-hydroxylation sites is 2. The molecule has 6 heteroatoms. The maximum Gasteiger partial charge on any atom is 0.387 e. The second-order valence-electron chi connectivity index (χ2n) is 3.96. The predicted molar refractivity (Wildman–Crippen MR) is 69.6 cm³/mol. The van der Waals surface area contributed by atoms with Gasteiger partial charge < -0.3 is 15.4 Å². The van der Waals surface area contributed by atoms with Crippen LogP contribution in [0.1, 0.15) is 26.2 Å². The van der Waals surface area contributed by atoms with E-state index in [1.807, 2.05) is 0 Å². The summed E-state index contributed by atoms with van der Waals surface area (Å²) >= 11 is 0. The van der Waals surface area contributed by atoms with Crippen molar-refractivity contribution in [1.29, 1.82) is 0 Å². The lowest BCUT2D eigenvalue weighted by Gasteiger charge is -2.12. The van der Waals surface area contributed by atoms with Gasteiger partial charge in [0.05, 0.1) is 5.69 Å². The SMILES string of the molecule is CCCCCNC(=O)Nc1ccccc1OC(F)F. The number of hydrogen-bond donors (Lipinski definition) is 2. The molecule has 1 aromatic rings. The standard InChI is InChI=1S/C13H18F2N2O2/c1-2-3-6-9-16-13(18)17-10-7-4-5-8-11(10)19-12(14)15/h4-5,7-8,12H,2-3,6,9H2,1H3,(H2,16,17,18). The minimum Gasteiger partial charge on any atom is -0.433 e. The van der Waals surface area contributed by atoms with Crippen LogP contribution >= 0.6 is 0 Å². The lowest BCUT2D eigenvalue weighted by Crippen LogP contribution is -2.29. The van der Waals surface area contributed by atoms with Crippen molar-refractivity contribution in [2.24, 2.45) is 0 Å². The Balaban J connectivity index is 2.49. The molecular formula is C13H18F2N2O2. The summed E-state index contributed by atoms with van der Waals surface area (Å²) in [5.41, 5.74) is 0.218. The van der Waals surface area contributed by atoms with Crippen molar-refractivity contribution in [3.8, 4) is 5.75 Å². The number of halogens is 2. The molecule has 0 saturated heterocycles. The van der Waals surface area contributed by atoms with Crippen molar-refractivity contribution < 1.29 is 18.3 Å². The van der Waals surface area contributed by atoms with Gasteiger partial charge >= 0.3 is 12.6 Å². The molecule has 0 aromatic heterocycles. The lowest BCUT2D eigenvalue weighted by molar-refractivity contribution is -0.0493. The van der Waals surface area contributed by atoms with Crippen molar-refractivity contribution in [3.63, 3.8) is 0 Å². The Morgan fingerprint density at radius 3 is 2.74 bits per heavy atom. The van der Waals surface area contributed by atoms with E-state index in [0.717, 1.165) is 19.3 Å². The third-order valence-electron chi connectivity index (χ3n) is 2.42. The number of nitrogens with one attached hydrogen (secondary N) is 2. The minimum atomic E-state index is -2.92. The number of unbranched alkanes of at least 4 members (excludes halogenated alkanes) is 2. The number of rotatable bonds is 7. The number of anilines is 1. The van der Waals surface area contributed by atoms with Gasteiger partial charge in [0.1, 0.15) is 5.75 Å². The van der Waals surface area contributed by atoms with Crippen molar-refractivity contribution >= 4 is 11.7 Å². The second-order valence-corrected chi connectivity index (χ2v) is 3.96. The van der Waals surface area contributed by atoms with E-state index in [2.05, 4.69) is 22.3 Å². The highest BCUT2D eigenvalue weighted by Gasteiger charge is 2.10. The number of benzene rings is 1. The Morgan fingerprint density at radius 1 is 1.32 bits per heavy atom. The van der Waals surface area contributed by atoms with Crippen LogP contribution in [0.3, 0.4) is 0 Å². The molecular weight excluding hydrogens is 254 g/mol. The first-order valence-corrected chi connectivity index (χ1v) is 6.22. The number of alkyl halides is 2. The molecule has 4 nitrogen and oxygen atoms in total. The topological polar surface area (TPSA) is 50.4 Å². The van der Waals surface area contributed by atoms with Crippen LogP contribution in [-0.4, -0.2) is 19.2 Å². The normalized spacial score (nSPS) is 10.3. The van der Waals surface area contributed by atoms with Crippen LogP contribution in [0.5, 0.6) is 5.75 Å². The average molecular weight is 272 g/mol. The Labute approximate surface area is 111 Å². The van der Waals surface area contributed by atoms with E-state index in [1.165, 1.54) is 12.1 Å². The predicted octanol–water partition coefficient (Wildman–Crippen LogP) is 3.60. The van der Waals surface area contributed by atoms with Crippen molar-refractivity contribution in [2.45, 2.75) is 32.8 Å². The van der Waals surface area contributed by atoms with Crippen molar-refractivity contribution in [2.75, 3.05) is 11.9 Å². The van der Waals surface area contributed by atoms with Gasteiger partial charge in [0, 0.05) is 6.54 Å². The third-order valence-corrected chi connectivity index (χ3v) is 2.42. The fourth-order valence-corrected chi connectivity index (χ4v) is 1.51. The average Bonchev–Trinajstić information content (AvgIpc) is 2.36. The van der Waals surface area contributed by atoms with E-state index in [1.54, 1.807) is 12.1 Å². The monoisotopic (exact) mass is 272 g/mol. The molecule has 0 aliphatic heterocycles. The fraction of sp³-hybridized carbons (Fsp3) is 0.462. The summed E-state index contributed by atoms with van der Waals surface area (Å²) in [6.45, 7) is -0.300. The van der Waals surface area contributed by atoms with E-state index in [0.29, 0.717) is 6.54 Å². The van der Waals surface area contributed by atoms with Crippen LogP contribution in [0.25, 0.3) is 0 Å². The van der Waals surface area contributed by atoms with Crippen molar-refractivity contribution in [3.05, 3.63) is 24.3 Å². The molecule has 106 valence electrons. The molecule has 0 aliphatic rings. The Hall–Kier alpha value is -1.85. The second kappa shape index (κ2) is 8.29. The summed E-state index contributed by atoms with van der Waals surface area (Å²) in [7, 11) is 0. The lowest BCUT2D eigenvalue weighted by atomic mass is 10.2. The fourth-order valence-electron chi connectivity index (χ4n) is 1.51. The molecule has 2 amide bonds. The van der Waals surface area contributed by atoms with E-state index < -0.39 is 12.6 Å². The first-order chi connectivity index (χ1) is 9.13. The maximum absolute atomic E-state index is 12.2. The van der Waals surface area contributed by atoms with Crippen molar-refractivity contribution in [1.82, 2.24) is 5.32 Å². The molecule has 0 bridgehead atoms. The zero-order valence-corrected chi connectivity index (χ0v) is 10.8. The molecule has 0 spiro atoms. The first kappa shape index (κ1) is 15.2. The molecule has 19 heavy (non-hydrogen) atoms. The quantitative estimate of drug-likeness (QED) is 0.745. The van der Waals surface area contributed by atoms with E-state index in [-0.39, 0.29) is 11.4 Å². The summed E-state index contributed by atoms with van der Waals surface area (Å²) < 4.78 is 28.7. The molecule has 0 atom stereocenters. The van der Waals surface area contributed by atoms with Gasteiger partial charge in [-0.15, -0.1) is 0 Å². The van der Waals surface area contributed by atoms with E-state index >= 15 is 0 Å². The molecule has 0 aliphatic carbocycles. The largest absolute Gasteiger partial charge is 0.433 e. The number of hydrogen-bond acceptors (Lipinski definition) is 2. The molecule has 0 radical (unpaired) electrons. The molecule has 0 saturated carbocycles. The zero-order valence-electron chi connectivity index (χ0n) is 10.8. The molecule has 1 aromatic carbocycles. The summed E-state index contributed by atoms with van der Waals surface area (Å²) in [6.07, 6.45) is 2.98. The Bertz CT molecular complexity index is 400. The summed E-state index contributed by atoms with van der Waals surface area (Å²) in [6, 6.07) is 5.64. The number of ether oxygens (including phenoxy) is 1. The van der Waals surface area contributed by atoms with Gasteiger partial charge in [0.25, 0.3) is 0 Å². The molecule has 2 N–H and O–H groups in total. The van der Waals surface area contributed by atoms with Crippen LogP contribution in [0.4, 0.5) is 19.3 Å². The van der Waals surface area contributed by atoms with Gasteiger partial charge in [0.2, 0.25) is 0 Å². The van der Waals surface area contributed by atoms with Gasteiger partial charge in [-0.1, -0.05) is 31.9 Å². The molecule has 1 rings (SSSR count). The van der Waals surface area contributed by atoms with Gasteiger partial charge in [-0.3, -0.25) is 0 Å². The minimum absolute atomic E-state index is 0.0544. The molecule has 0 unspecified atom stereocenters. The Kier molecular flexibility index (Phi) is 6.63. The summed E-state index contributed by atoms with van der Waals surface area (Å²) in [5, 5.41) is 5.14. The van der Waals surface area contributed by atoms with Gasteiger partial charge in [0.15, 0.2) is 0 Å². The van der Waals surface area contributed by atoms with Crippen LogP contribution in [0.2, 0.25) is 0 Å². The van der Waals surface area contributed by atoms with Crippen LogP contribution in [0, 0.1) is 0 Å². The highest BCUT2D eigenvalue weighted by molar-refractivity contribution is 5.90. The first-order valence-electron chi connectivity index (χ1n) is 6.22. The Morgan fingerprint density at radius 2 is 2.05 bits per heavy atom. The van der Waals surface area contributed by atoms with Gasteiger partial charge in [-0.25, -0.2) is 4.79 Å². The smallest absolute Gasteiger partial charge is 0.387 e. The summed E-state index contributed by atoms with van der Waals surface area (Å²) in [4.78, 5) is 11.5. The third kappa shape index (κ3) is 6.03. The van der Waals surface area contributed by atoms with E-state index in [9.17, 15) is 13.6 Å². The van der Waals surface area contributed by atoms with Crippen LogP contribution < -0.4 is 15.4 Å². The highest BCUT2D eigenvalue weighted by Crippen LogP contribution is 2.25. The van der Waals surface area contributed by atoms with Crippen LogP contribution in [-0.2, 0) is 0 Å². The van der Waals surface area contributed by atoms with Crippen LogP contribution in [0.15, 0.2) is 24.3 Å².